The van der Waals surface area contributed by atoms with Gasteiger partial charge in [-0.1, -0.05) is 25.5 Å². The van der Waals surface area contributed by atoms with Gasteiger partial charge in [0, 0.05) is 55.8 Å². The quantitative estimate of drug-likeness (QED) is 0.880. The van der Waals surface area contributed by atoms with Crippen molar-refractivity contribution in [3.63, 3.8) is 0 Å². The highest BCUT2D eigenvalue weighted by Gasteiger charge is 2.51. The van der Waals surface area contributed by atoms with Crippen molar-refractivity contribution in [1.29, 1.82) is 0 Å². The molecule has 0 radical (unpaired) electrons. The standard InChI is InChI=1S/C22H29N3O2/c1-3-21-23-11-16(12-24-21)13-25-14-18-5-4-6-19(15-25)22(18,26)17-7-9-20(27-2)10-8-17/h7-12,18-19,26H,3-6,13-15H2,1-2H3. The third kappa shape index (κ3) is 3.46. The van der Waals surface area contributed by atoms with Crippen LogP contribution in [0, 0.1) is 11.8 Å². The molecule has 4 rings (SSSR count). The Balaban J connectivity index is 1.52. The number of aliphatic hydroxyl groups is 1. The molecular formula is C22H29N3O2. The third-order valence-corrected chi connectivity index (χ3v) is 6.34. The van der Waals surface area contributed by atoms with Gasteiger partial charge in [-0.25, -0.2) is 9.97 Å². The first-order valence-corrected chi connectivity index (χ1v) is 10.0. The molecule has 2 unspecified atom stereocenters. The second-order valence-corrected chi connectivity index (χ2v) is 7.93. The topological polar surface area (TPSA) is 58.5 Å². The van der Waals surface area contributed by atoms with Crippen molar-refractivity contribution in [2.75, 3.05) is 20.2 Å². The summed E-state index contributed by atoms with van der Waals surface area (Å²) in [6.45, 7) is 4.75. The molecule has 2 aromatic rings. The number of rotatable bonds is 5. The first-order valence-electron chi connectivity index (χ1n) is 10.0. The van der Waals surface area contributed by atoms with Crippen LogP contribution in [0.25, 0.3) is 0 Å². The zero-order valence-electron chi connectivity index (χ0n) is 16.3. The van der Waals surface area contributed by atoms with Crippen LogP contribution in [-0.2, 0) is 18.6 Å². The predicted molar refractivity (Wildman–Crippen MR) is 104 cm³/mol. The lowest BCUT2D eigenvalue weighted by Gasteiger charge is -2.53. The largest absolute Gasteiger partial charge is 0.497 e. The maximum Gasteiger partial charge on any atom is 0.127 e. The van der Waals surface area contributed by atoms with E-state index in [1.165, 1.54) is 6.42 Å². The van der Waals surface area contributed by atoms with Gasteiger partial charge in [-0.05, 0) is 30.5 Å². The molecule has 1 aliphatic heterocycles. The molecule has 1 aliphatic carbocycles. The fraction of sp³-hybridized carbons (Fsp3) is 0.545. The van der Waals surface area contributed by atoms with E-state index in [0.29, 0.717) is 0 Å². The molecule has 5 heteroatoms. The molecule has 0 amide bonds. The first-order chi connectivity index (χ1) is 13.1. The number of piperidine rings is 1. The molecule has 0 spiro atoms. The Morgan fingerprint density at radius 1 is 1.11 bits per heavy atom. The minimum Gasteiger partial charge on any atom is -0.497 e. The van der Waals surface area contributed by atoms with E-state index in [2.05, 4.69) is 21.8 Å². The van der Waals surface area contributed by atoms with E-state index >= 15 is 0 Å². The smallest absolute Gasteiger partial charge is 0.127 e. The van der Waals surface area contributed by atoms with Gasteiger partial charge in [-0.15, -0.1) is 0 Å². The number of likely N-dealkylation sites (tertiary alicyclic amines) is 1. The number of fused-ring (bicyclic) bond motifs is 2. The molecule has 2 atom stereocenters. The molecule has 2 aliphatic rings. The summed E-state index contributed by atoms with van der Waals surface area (Å²) in [6.07, 6.45) is 8.11. The van der Waals surface area contributed by atoms with Gasteiger partial charge < -0.3 is 9.84 Å². The average molecular weight is 367 g/mol. The minimum absolute atomic E-state index is 0.259. The normalized spacial score (nSPS) is 28.1. The zero-order chi connectivity index (χ0) is 18.9. The summed E-state index contributed by atoms with van der Waals surface area (Å²) in [6, 6.07) is 8.00. The van der Waals surface area contributed by atoms with E-state index in [-0.39, 0.29) is 11.8 Å². The van der Waals surface area contributed by atoms with E-state index in [4.69, 9.17) is 4.74 Å². The summed E-state index contributed by atoms with van der Waals surface area (Å²) >= 11 is 0. The highest BCUT2D eigenvalue weighted by molar-refractivity contribution is 5.33. The van der Waals surface area contributed by atoms with Crippen molar-refractivity contribution in [2.24, 2.45) is 11.8 Å². The lowest BCUT2D eigenvalue weighted by Crippen LogP contribution is -2.57. The number of hydrogen-bond acceptors (Lipinski definition) is 5. The number of ether oxygens (including phenoxy) is 1. The van der Waals surface area contributed by atoms with Crippen LogP contribution < -0.4 is 4.74 Å². The Morgan fingerprint density at radius 3 is 2.30 bits per heavy atom. The van der Waals surface area contributed by atoms with Crippen molar-refractivity contribution >= 4 is 0 Å². The number of nitrogens with zero attached hydrogens (tertiary/aromatic N) is 3. The van der Waals surface area contributed by atoms with Crippen molar-refractivity contribution in [3.05, 3.63) is 53.6 Å². The fourth-order valence-corrected chi connectivity index (χ4v) is 4.91. The highest BCUT2D eigenvalue weighted by Crippen LogP contribution is 2.49. The van der Waals surface area contributed by atoms with Crippen molar-refractivity contribution in [3.8, 4) is 5.75 Å². The maximum atomic E-state index is 11.7. The van der Waals surface area contributed by atoms with Crippen LogP contribution in [0.2, 0.25) is 0 Å². The molecule has 2 heterocycles. The molecule has 1 saturated carbocycles. The number of methoxy groups -OCH3 is 1. The summed E-state index contributed by atoms with van der Waals surface area (Å²) < 4.78 is 5.28. The number of aryl methyl sites for hydroxylation is 1. The molecule has 1 aromatic heterocycles. The van der Waals surface area contributed by atoms with Crippen molar-refractivity contribution in [2.45, 2.75) is 44.8 Å². The predicted octanol–water partition coefficient (Wildman–Crippen LogP) is 3.17. The van der Waals surface area contributed by atoms with Crippen LogP contribution in [0.3, 0.4) is 0 Å². The molecule has 2 fully saturated rings. The molecule has 2 bridgehead atoms. The number of hydrogen-bond donors (Lipinski definition) is 1. The van der Waals surface area contributed by atoms with Gasteiger partial charge >= 0.3 is 0 Å². The maximum absolute atomic E-state index is 11.7. The molecule has 1 saturated heterocycles. The van der Waals surface area contributed by atoms with Crippen LogP contribution in [0.1, 0.15) is 43.1 Å². The molecule has 144 valence electrons. The van der Waals surface area contributed by atoms with Gasteiger partial charge in [-0.2, -0.15) is 0 Å². The van der Waals surface area contributed by atoms with Gasteiger partial charge in [0.05, 0.1) is 12.7 Å². The van der Waals surface area contributed by atoms with Crippen LogP contribution in [0.5, 0.6) is 5.75 Å². The minimum atomic E-state index is -0.733. The lowest BCUT2D eigenvalue weighted by molar-refractivity contribution is -0.148. The van der Waals surface area contributed by atoms with Gasteiger partial charge in [0.15, 0.2) is 0 Å². The van der Waals surface area contributed by atoms with Gasteiger partial charge in [0.1, 0.15) is 11.6 Å². The Hall–Kier alpha value is -1.98. The van der Waals surface area contributed by atoms with Crippen molar-refractivity contribution < 1.29 is 9.84 Å². The lowest BCUT2D eigenvalue weighted by atomic mass is 9.62. The second-order valence-electron chi connectivity index (χ2n) is 7.93. The fourth-order valence-electron chi connectivity index (χ4n) is 4.91. The number of benzene rings is 1. The van der Waals surface area contributed by atoms with Crippen molar-refractivity contribution in [1.82, 2.24) is 14.9 Å². The molecule has 1 aromatic carbocycles. The molecular weight excluding hydrogens is 338 g/mol. The van der Waals surface area contributed by atoms with Crippen LogP contribution in [-0.4, -0.2) is 40.2 Å². The summed E-state index contributed by atoms with van der Waals surface area (Å²) in [4.78, 5) is 11.3. The molecule has 27 heavy (non-hydrogen) atoms. The second kappa shape index (κ2) is 7.56. The average Bonchev–Trinajstić information content (AvgIpc) is 2.69. The van der Waals surface area contributed by atoms with E-state index in [0.717, 1.165) is 61.6 Å². The van der Waals surface area contributed by atoms with Gasteiger partial charge in [-0.3, -0.25) is 4.90 Å². The SMILES string of the molecule is CCc1ncc(CN2CC3CCCC(C2)C3(O)c2ccc(OC)cc2)cn1. The molecule has 5 nitrogen and oxygen atoms in total. The van der Waals surface area contributed by atoms with Crippen LogP contribution in [0.15, 0.2) is 36.7 Å². The first kappa shape index (κ1) is 18.4. The monoisotopic (exact) mass is 367 g/mol. The molecule has 1 N–H and O–H groups in total. The van der Waals surface area contributed by atoms with E-state index in [1.807, 2.05) is 36.7 Å². The Labute approximate surface area is 161 Å². The zero-order valence-corrected chi connectivity index (χ0v) is 16.3. The highest BCUT2D eigenvalue weighted by atomic mass is 16.5. The van der Waals surface area contributed by atoms with E-state index in [1.54, 1.807) is 7.11 Å². The summed E-state index contributed by atoms with van der Waals surface area (Å²) in [5.41, 5.74) is 1.46. The van der Waals surface area contributed by atoms with E-state index < -0.39 is 5.60 Å². The summed E-state index contributed by atoms with van der Waals surface area (Å²) in [7, 11) is 1.67. The Kier molecular flexibility index (Phi) is 5.15. The summed E-state index contributed by atoms with van der Waals surface area (Å²) in [5.74, 6) is 2.24. The Morgan fingerprint density at radius 2 is 1.74 bits per heavy atom. The number of aromatic nitrogens is 2. The van der Waals surface area contributed by atoms with E-state index in [9.17, 15) is 5.11 Å². The third-order valence-electron chi connectivity index (χ3n) is 6.34. The summed E-state index contributed by atoms with van der Waals surface area (Å²) in [5, 5.41) is 11.7. The van der Waals surface area contributed by atoms with Crippen LogP contribution in [0.4, 0.5) is 0 Å². The Bertz CT molecular complexity index is 746. The van der Waals surface area contributed by atoms with Gasteiger partial charge in [0.25, 0.3) is 0 Å². The van der Waals surface area contributed by atoms with Gasteiger partial charge in [0.2, 0.25) is 0 Å². The van der Waals surface area contributed by atoms with Crippen LogP contribution >= 0.6 is 0 Å².